The molecular formula is C16H26. The van der Waals surface area contributed by atoms with Crippen LogP contribution < -0.4 is 0 Å². The average Bonchev–Trinajstić information content (AvgIpc) is 2.17. The number of aryl methyl sites for hydroxylation is 3. The van der Waals surface area contributed by atoms with Gasteiger partial charge in [0, 0.05) is 0 Å². The summed E-state index contributed by atoms with van der Waals surface area (Å²) in [6, 6.07) is 4.77. The number of hydrogen-bond donors (Lipinski definition) is 0. The van der Waals surface area contributed by atoms with Crippen molar-refractivity contribution in [2.24, 2.45) is 0 Å². The summed E-state index contributed by atoms with van der Waals surface area (Å²) in [7, 11) is 0. The van der Waals surface area contributed by atoms with Gasteiger partial charge in [-0.25, -0.2) is 0 Å². The van der Waals surface area contributed by atoms with Crippen molar-refractivity contribution in [3.8, 4) is 0 Å². The van der Waals surface area contributed by atoms with Crippen molar-refractivity contribution < 1.29 is 0 Å². The maximum Gasteiger partial charge on any atom is -0.0213 e. The molecule has 0 heteroatoms. The van der Waals surface area contributed by atoms with E-state index in [2.05, 4.69) is 46.8 Å². The van der Waals surface area contributed by atoms with Gasteiger partial charge < -0.3 is 0 Å². The fourth-order valence-corrected chi connectivity index (χ4v) is 2.65. The zero-order valence-corrected chi connectivity index (χ0v) is 11.6. The number of benzene rings is 1. The van der Waals surface area contributed by atoms with E-state index in [9.17, 15) is 0 Å². The van der Waals surface area contributed by atoms with Gasteiger partial charge in [-0.05, 0) is 42.4 Å². The van der Waals surface area contributed by atoms with Crippen LogP contribution in [0.15, 0.2) is 12.1 Å². The molecule has 0 nitrogen and oxygen atoms in total. The van der Waals surface area contributed by atoms with Gasteiger partial charge in [-0.1, -0.05) is 58.2 Å². The first kappa shape index (κ1) is 13.3. The second-order valence-electron chi connectivity index (χ2n) is 5.15. The van der Waals surface area contributed by atoms with E-state index in [4.69, 9.17) is 0 Å². The molecule has 0 unspecified atom stereocenters. The fraction of sp³-hybridized carbons (Fsp3) is 0.625. The molecule has 0 saturated carbocycles. The van der Waals surface area contributed by atoms with Crippen LogP contribution in [0.5, 0.6) is 0 Å². The zero-order valence-electron chi connectivity index (χ0n) is 11.6. The summed E-state index contributed by atoms with van der Waals surface area (Å²) >= 11 is 0. The minimum atomic E-state index is 0.656. The van der Waals surface area contributed by atoms with E-state index < -0.39 is 0 Å². The molecule has 90 valence electrons. The van der Waals surface area contributed by atoms with E-state index in [1.165, 1.54) is 31.2 Å². The van der Waals surface area contributed by atoms with Crippen LogP contribution in [0.4, 0.5) is 0 Å². The lowest BCUT2D eigenvalue weighted by molar-refractivity contribution is 0.786. The summed E-state index contributed by atoms with van der Waals surface area (Å²) in [5.74, 6) is 0.656. The number of rotatable bonds is 5. The highest BCUT2D eigenvalue weighted by molar-refractivity contribution is 5.41. The van der Waals surface area contributed by atoms with Gasteiger partial charge in [0.05, 0.1) is 0 Å². The van der Waals surface area contributed by atoms with E-state index in [-0.39, 0.29) is 0 Å². The topological polar surface area (TPSA) is 0 Å². The van der Waals surface area contributed by atoms with Crippen LogP contribution in [0.3, 0.4) is 0 Å². The third kappa shape index (κ3) is 3.10. The van der Waals surface area contributed by atoms with Gasteiger partial charge in [0.2, 0.25) is 0 Å². The van der Waals surface area contributed by atoms with Crippen LogP contribution in [0.2, 0.25) is 0 Å². The summed E-state index contributed by atoms with van der Waals surface area (Å²) in [4.78, 5) is 0. The summed E-state index contributed by atoms with van der Waals surface area (Å²) in [6.07, 6.45) is 4.95. The molecule has 0 aliphatic carbocycles. The molecule has 0 N–H and O–H groups in total. The van der Waals surface area contributed by atoms with E-state index >= 15 is 0 Å². The Labute approximate surface area is 101 Å². The lowest BCUT2D eigenvalue weighted by Crippen LogP contribution is -2.03. The quantitative estimate of drug-likeness (QED) is 0.650. The van der Waals surface area contributed by atoms with E-state index in [1.54, 1.807) is 16.7 Å². The molecule has 0 saturated heterocycles. The van der Waals surface area contributed by atoms with Crippen LogP contribution in [0, 0.1) is 6.92 Å². The maximum atomic E-state index is 2.39. The molecule has 0 aliphatic rings. The SMILES string of the molecule is CCCc1cc(C)cc(CCC)c1C(C)C. The molecule has 0 aliphatic heterocycles. The molecule has 0 fully saturated rings. The van der Waals surface area contributed by atoms with Crippen LogP contribution in [-0.2, 0) is 12.8 Å². The summed E-state index contributed by atoms with van der Waals surface area (Å²) in [5.41, 5.74) is 6.22. The standard InChI is InChI=1S/C16H26/c1-6-8-14-10-13(5)11-15(9-7-2)16(14)12(3)4/h10-12H,6-9H2,1-5H3. The van der Waals surface area contributed by atoms with Gasteiger partial charge in [0.15, 0.2) is 0 Å². The zero-order chi connectivity index (χ0) is 12.1. The molecule has 0 bridgehead atoms. The first-order chi connectivity index (χ1) is 7.60. The average molecular weight is 218 g/mol. The Hall–Kier alpha value is -0.780. The Bertz CT molecular complexity index is 307. The van der Waals surface area contributed by atoms with Gasteiger partial charge >= 0.3 is 0 Å². The predicted octanol–water partition coefficient (Wildman–Crippen LogP) is 5.02. The maximum absolute atomic E-state index is 2.39. The molecule has 16 heavy (non-hydrogen) atoms. The molecule has 1 rings (SSSR count). The Morgan fingerprint density at radius 3 is 1.69 bits per heavy atom. The van der Waals surface area contributed by atoms with Crippen molar-refractivity contribution in [3.05, 3.63) is 34.4 Å². The minimum Gasteiger partial charge on any atom is -0.0651 e. The van der Waals surface area contributed by atoms with Gasteiger partial charge in [-0.3, -0.25) is 0 Å². The van der Waals surface area contributed by atoms with Gasteiger partial charge in [-0.2, -0.15) is 0 Å². The lowest BCUT2D eigenvalue weighted by Gasteiger charge is -2.19. The van der Waals surface area contributed by atoms with Crippen LogP contribution in [0.25, 0.3) is 0 Å². The van der Waals surface area contributed by atoms with Crippen molar-refractivity contribution in [1.82, 2.24) is 0 Å². The molecule has 1 aromatic rings. The minimum absolute atomic E-state index is 0.656. The molecule has 0 amide bonds. The summed E-state index contributed by atoms with van der Waals surface area (Å²) in [6.45, 7) is 11.4. The predicted molar refractivity (Wildman–Crippen MR) is 73.3 cm³/mol. The molecule has 0 spiro atoms. The molecule has 0 aromatic heterocycles. The fourth-order valence-electron chi connectivity index (χ4n) is 2.65. The van der Waals surface area contributed by atoms with E-state index in [0.717, 1.165) is 0 Å². The Kier molecular flexibility index (Phi) is 5.05. The van der Waals surface area contributed by atoms with Crippen molar-refractivity contribution >= 4 is 0 Å². The summed E-state index contributed by atoms with van der Waals surface area (Å²) < 4.78 is 0. The van der Waals surface area contributed by atoms with Crippen molar-refractivity contribution in [1.29, 1.82) is 0 Å². The second-order valence-corrected chi connectivity index (χ2v) is 5.15. The normalized spacial score (nSPS) is 11.1. The molecular weight excluding hydrogens is 192 g/mol. The molecule has 0 radical (unpaired) electrons. The Balaban J connectivity index is 3.23. The smallest absolute Gasteiger partial charge is 0.0213 e. The van der Waals surface area contributed by atoms with Crippen molar-refractivity contribution in [2.45, 2.75) is 66.2 Å². The largest absolute Gasteiger partial charge is 0.0651 e. The molecule has 1 aromatic carbocycles. The highest BCUT2D eigenvalue weighted by Crippen LogP contribution is 2.27. The monoisotopic (exact) mass is 218 g/mol. The van der Waals surface area contributed by atoms with Gasteiger partial charge in [-0.15, -0.1) is 0 Å². The van der Waals surface area contributed by atoms with Gasteiger partial charge in [0.1, 0.15) is 0 Å². The first-order valence-electron chi connectivity index (χ1n) is 6.72. The highest BCUT2D eigenvalue weighted by Gasteiger charge is 2.11. The highest BCUT2D eigenvalue weighted by atomic mass is 14.2. The summed E-state index contributed by atoms with van der Waals surface area (Å²) in [5, 5.41) is 0. The third-order valence-electron chi connectivity index (χ3n) is 3.11. The van der Waals surface area contributed by atoms with Crippen molar-refractivity contribution in [3.63, 3.8) is 0 Å². The van der Waals surface area contributed by atoms with Crippen LogP contribution in [-0.4, -0.2) is 0 Å². The lowest BCUT2D eigenvalue weighted by atomic mass is 9.87. The second kappa shape index (κ2) is 6.08. The third-order valence-corrected chi connectivity index (χ3v) is 3.11. The Morgan fingerprint density at radius 2 is 1.38 bits per heavy atom. The van der Waals surface area contributed by atoms with E-state index in [0.29, 0.717) is 5.92 Å². The van der Waals surface area contributed by atoms with Crippen molar-refractivity contribution in [2.75, 3.05) is 0 Å². The van der Waals surface area contributed by atoms with Crippen LogP contribution >= 0.6 is 0 Å². The van der Waals surface area contributed by atoms with Gasteiger partial charge in [0.25, 0.3) is 0 Å². The molecule has 0 heterocycles. The Morgan fingerprint density at radius 1 is 0.938 bits per heavy atom. The number of hydrogen-bond acceptors (Lipinski definition) is 0. The van der Waals surface area contributed by atoms with E-state index in [1.807, 2.05) is 0 Å². The van der Waals surface area contributed by atoms with Crippen LogP contribution in [0.1, 0.15) is 68.7 Å². The first-order valence-corrected chi connectivity index (χ1v) is 6.72. The molecule has 0 atom stereocenters.